The molecule has 168 valence electrons. The van der Waals surface area contributed by atoms with Crippen molar-refractivity contribution < 1.29 is 18.0 Å². The van der Waals surface area contributed by atoms with E-state index in [1.54, 1.807) is 4.90 Å². The van der Waals surface area contributed by atoms with Crippen LogP contribution in [0.1, 0.15) is 29.0 Å². The van der Waals surface area contributed by atoms with Crippen LogP contribution in [0.15, 0.2) is 41.8 Å². The summed E-state index contributed by atoms with van der Waals surface area (Å²) >= 11 is 1.39. The molecule has 1 aliphatic carbocycles. The molecule has 1 aliphatic heterocycles. The summed E-state index contributed by atoms with van der Waals surface area (Å²) < 4.78 is 41.1. The van der Waals surface area contributed by atoms with Crippen molar-refractivity contribution in [2.45, 2.75) is 19.0 Å². The highest BCUT2D eigenvalue weighted by Gasteiger charge is 2.32. The molecule has 1 saturated carbocycles. The van der Waals surface area contributed by atoms with Crippen LogP contribution >= 0.6 is 11.3 Å². The Labute approximate surface area is 187 Å². The van der Waals surface area contributed by atoms with Crippen LogP contribution in [-0.2, 0) is 6.18 Å². The Hall–Kier alpha value is -2.72. The molecule has 2 fully saturated rings. The molecule has 0 N–H and O–H groups in total. The van der Waals surface area contributed by atoms with Crippen LogP contribution in [0.2, 0.25) is 0 Å². The molecule has 3 heterocycles. The fraction of sp³-hybridized carbons (Fsp3) is 0.409. The molecule has 0 unspecified atom stereocenters. The topological polar surface area (TPSA) is 54.3 Å². The molecule has 1 aromatic carbocycles. The Morgan fingerprint density at radius 3 is 2.53 bits per heavy atom. The van der Waals surface area contributed by atoms with Crippen LogP contribution in [0.3, 0.4) is 0 Å². The molecule has 0 radical (unpaired) electrons. The van der Waals surface area contributed by atoms with Crippen LogP contribution < -0.4 is 0 Å². The van der Waals surface area contributed by atoms with Crippen LogP contribution in [0.25, 0.3) is 16.4 Å². The lowest BCUT2D eigenvalue weighted by molar-refractivity contribution is -0.137. The highest BCUT2D eigenvalue weighted by molar-refractivity contribution is 7.13. The van der Waals surface area contributed by atoms with Crippen LogP contribution in [0, 0.1) is 5.92 Å². The van der Waals surface area contributed by atoms with Gasteiger partial charge in [-0.15, -0.1) is 16.4 Å². The predicted octanol–water partition coefficient (Wildman–Crippen LogP) is 4.18. The second-order valence-corrected chi connectivity index (χ2v) is 9.18. The molecule has 1 amide bonds. The van der Waals surface area contributed by atoms with Crippen molar-refractivity contribution in [3.63, 3.8) is 0 Å². The van der Waals surface area contributed by atoms with Gasteiger partial charge < -0.3 is 4.90 Å². The van der Waals surface area contributed by atoms with Gasteiger partial charge >= 0.3 is 6.18 Å². The van der Waals surface area contributed by atoms with Gasteiger partial charge in [-0.3, -0.25) is 9.69 Å². The summed E-state index contributed by atoms with van der Waals surface area (Å²) in [6.45, 7) is 3.91. The van der Waals surface area contributed by atoms with Crippen molar-refractivity contribution in [1.82, 2.24) is 24.6 Å². The zero-order valence-electron chi connectivity index (χ0n) is 17.3. The highest BCUT2D eigenvalue weighted by atomic mass is 32.1. The zero-order chi connectivity index (χ0) is 22.3. The number of carbonyl (C=O) groups is 1. The number of carbonyl (C=O) groups excluding carboxylic acids is 1. The van der Waals surface area contributed by atoms with Gasteiger partial charge in [0.2, 0.25) is 5.82 Å². The van der Waals surface area contributed by atoms with Gasteiger partial charge in [-0.25, -0.2) is 9.67 Å². The van der Waals surface area contributed by atoms with Gasteiger partial charge in [0.05, 0.1) is 16.1 Å². The first-order valence-electron chi connectivity index (χ1n) is 10.6. The number of alkyl halides is 3. The maximum absolute atomic E-state index is 13.2. The van der Waals surface area contributed by atoms with Crippen LogP contribution in [0.5, 0.6) is 0 Å². The second-order valence-electron chi connectivity index (χ2n) is 8.23. The summed E-state index contributed by atoms with van der Waals surface area (Å²) in [6, 6.07) is 8.54. The Morgan fingerprint density at radius 1 is 1.09 bits per heavy atom. The van der Waals surface area contributed by atoms with Gasteiger partial charge in [0, 0.05) is 32.7 Å². The number of halogens is 3. The number of piperazine rings is 1. The number of aromatic nitrogens is 3. The molecule has 0 atom stereocenters. The van der Waals surface area contributed by atoms with E-state index in [9.17, 15) is 18.0 Å². The molecule has 32 heavy (non-hydrogen) atoms. The monoisotopic (exact) mass is 461 g/mol. The summed E-state index contributed by atoms with van der Waals surface area (Å²) in [5.41, 5.74) is -0.564. The second kappa shape index (κ2) is 8.32. The van der Waals surface area contributed by atoms with Gasteiger partial charge in [-0.1, -0.05) is 12.1 Å². The predicted molar refractivity (Wildman–Crippen MR) is 115 cm³/mol. The van der Waals surface area contributed by atoms with Crippen LogP contribution in [0.4, 0.5) is 13.2 Å². The van der Waals surface area contributed by atoms with Gasteiger partial charge in [0.25, 0.3) is 5.91 Å². The SMILES string of the molecule is O=C(c1nc(-c2cccs2)n(-c2cccc(C(F)(F)F)c2)n1)N1CCN(CC2CC2)CC1. The number of rotatable bonds is 5. The van der Waals surface area contributed by atoms with E-state index < -0.39 is 11.7 Å². The lowest BCUT2D eigenvalue weighted by atomic mass is 10.2. The summed E-state index contributed by atoms with van der Waals surface area (Å²) in [7, 11) is 0. The first-order chi connectivity index (χ1) is 15.4. The average molecular weight is 462 g/mol. The average Bonchev–Trinajstić information content (AvgIpc) is 3.26. The van der Waals surface area contributed by atoms with Crippen molar-refractivity contribution in [2.24, 2.45) is 5.92 Å². The van der Waals surface area contributed by atoms with E-state index >= 15 is 0 Å². The van der Waals surface area contributed by atoms with Crippen molar-refractivity contribution in [2.75, 3.05) is 32.7 Å². The third-order valence-corrected chi connectivity index (χ3v) is 6.70. The van der Waals surface area contributed by atoms with E-state index in [4.69, 9.17) is 0 Å². The summed E-state index contributed by atoms with van der Waals surface area (Å²) in [5, 5.41) is 6.20. The van der Waals surface area contributed by atoms with Crippen molar-refractivity contribution in [3.05, 3.63) is 53.2 Å². The molecule has 5 rings (SSSR count). The number of thiophene rings is 1. The molecule has 10 heteroatoms. The summed E-state index contributed by atoms with van der Waals surface area (Å²) in [5.74, 6) is 0.867. The van der Waals surface area contributed by atoms with Gasteiger partial charge in [-0.2, -0.15) is 13.2 Å². The minimum Gasteiger partial charge on any atom is -0.333 e. The fourth-order valence-electron chi connectivity index (χ4n) is 3.90. The molecule has 3 aromatic rings. The quantitative estimate of drug-likeness (QED) is 0.572. The van der Waals surface area contributed by atoms with Crippen LogP contribution in [-0.4, -0.2) is 63.2 Å². The van der Waals surface area contributed by atoms with E-state index in [0.29, 0.717) is 18.9 Å². The van der Waals surface area contributed by atoms with E-state index in [-0.39, 0.29) is 17.4 Å². The molecule has 0 bridgehead atoms. The number of nitrogens with zero attached hydrogens (tertiary/aromatic N) is 5. The fourth-order valence-corrected chi connectivity index (χ4v) is 4.60. The van der Waals surface area contributed by atoms with E-state index in [1.165, 1.54) is 41.0 Å². The Balaban J connectivity index is 1.43. The molecule has 2 aliphatic rings. The number of benzene rings is 1. The molecule has 6 nitrogen and oxygen atoms in total. The summed E-state index contributed by atoms with van der Waals surface area (Å²) in [6.07, 6.45) is -1.89. The minimum absolute atomic E-state index is 0.00135. The lowest BCUT2D eigenvalue weighted by Crippen LogP contribution is -2.49. The molecular weight excluding hydrogens is 439 g/mol. The first kappa shape index (κ1) is 21.1. The zero-order valence-corrected chi connectivity index (χ0v) is 18.1. The maximum Gasteiger partial charge on any atom is 0.416 e. The van der Waals surface area contributed by atoms with Crippen molar-refractivity contribution >= 4 is 17.2 Å². The largest absolute Gasteiger partial charge is 0.416 e. The molecule has 2 aromatic heterocycles. The van der Waals surface area contributed by atoms with Crippen molar-refractivity contribution in [3.8, 4) is 16.4 Å². The summed E-state index contributed by atoms with van der Waals surface area (Å²) in [4.78, 5) is 22.4. The van der Waals surface area contributed by atoms with Crippen molar-refractivity contribution in [1.29, 1.82) is 0 Å². The van der Waals surface area contributed by atoms with E-state index in [2.05, 4.69) is 15.0 Å². The van der Waals surface area contributed by atoms with Gasteiger partial charge in [0.15, 0.2) is 5.82 Å². The Bertz CT molecular complexity index is 1100. The first-order valence-corrected chi connectivity index (χ1v) is 11.5. The Kier molecular flexibility index (Phi) is 5.50. The highest BCUT2D eigenvalue weighted by Crippen LogP contribution is 2.32. The molecule has 0 spiro atoms. The third kappa shape index (κ3) is 4.42. The lowest BCUT2D eigenvalue weighted by Gasteiger charge is -2.34. The minimum atomic E-state index is -4.47. The normalized spacial score (nSPS) is 17.7. The molecular formula is C22H22F3N5OS. The Morgan fingerprint density at radius 2 is 1.88 bits per heavy atom. The standard InChI is InChI=1S/C22H22F3N5OS/c23-22(24,25)16-3-1-4-17(13-16)30-20(18-5-2-12-32-18)26-19(27-30)21(31)29-10-8-28(9-11-29)14-15-6-7-15/h1-5,12-13,15H,6-11,14H2. The van der Waals surface area contributed by atoms with E-state index in [0.717, 1.165) is 42.6 Å². The smallest absolute Gasteiger partial charge is 0.333 e. The number of hydrogen-bond acceptors (Lipinski definition) is 5. The third-order valence-electron chi connectivity index (χ3n) is 5.83. The number of hydrogen-bond donors (Lipinski definition) is 0. The molecule has 1 saturated heterocycles. The van der Waals surface area contributed by atoms with Gasteiger partial charge in [-0.05, 0) is 48.4 Å². The van der Waals surface area contributed by atoms with E-state index in [1.807, 2.05) is 17.5 Å². The number of amides is 1. The van der Waals surface area contributed by atoms with Gasteiger partial charge in [0.1, 0.15) is 0 Å². The maximum atomic E-state index is 13.2.